The molecule has 0 aliphatic rings. The van der Waals surface area contributed by atoms with Gasteiger partial charge >= 0.3 is 5.97 Å². The molecule has 1 rings (SSSR count). The molecule has 1 aromatic rings. The molecule has 0 fully saturated rings. The highest BCUT2D eigenvalue weighted by atomic mass is 32.2. The molecule has 0 aliphatic heterocycles. The first-order valence-electron chi connectivity index (χ1n) is 4.65. The minimum Gasteiger partial charge on any atom is -0.480 e. The lowest BCUT2D eigenvalue weighted by Gasteiger charge is -2.02. The van der Waals surface area contributed by atoms with Gasteiger partial charge in [-0.2, -0.15) is 11.8 Å². The first kappa shape index (κ1) is 14.0. The van der Waals surface area contributed by atoms with Crippen LogP contribution in [0.1, 0.15) is 6.42 Å². The monoisotopic (exact) mass is 227 g/mol. The predicted molar refractivity (Wildman–Crippen MR) is 65.1 cm³/mol. The zero-order valence-corrected chi connectivity index (χ0v) is 9.61. The number of hydrogen-bond acceptors (Lipinski definition) is 3. The maximum absolute atomic E-state index is 10.1. The van der Waals surface area contributed by atoms with Gasteiger partial charge in [0, 0.05) is 0 Å². The van der Waals surface area contributed by atoms with Gasteiger partial charge in [0.25, 0.3) is 0 Å². The SMILES string of the molecule is CSCC[C@H](N)C(=O)O.c1ccccc1. The molecule has 84 valence electrons. The molecule has 0 unspecified atom stereocenters. The molecular weight excluding hydrogens is 210 g/mol. The number of benzene rings is 1. The van der Waals surface area contributed by atoms with Crippen molar-refractivity contribution in [3.63, 3.8) is 0 Å². The van der Waals surface area contributed by atoms with Crippen molar-refractivity contribution in [1.82, 2.24) is 0 Å². The summed E-state index contributed by atoms with van der Waals surface area (Å²) in [7, 11) is 0. The van der Waals surface area contributed by atoms with Gasteiger partial charge in [-0.1, -0.05) is 36.4 Å². The van der Waals surface area contributed by atoms with Crippen LogP contribution in [0.15, 0.2) is 36.4 Å². The fourth-order valence-electron chi connectivity index (χ4n) is 0.753. The largest absolute Gasteiger partial charge is 0.480 e. The van der Waals surface area contributed by atoms with Gasteiger partial charge in [0.15, 0.2) is 0 Å². The highest BCUT2D eigenvalue weighted by molar-refractivity contribution is 7.98. The number of carbonyl (C=O) groups is 1. The molecule has 3 nitrogen and oxygen atoms in total. The van der Waals surface area contributed by atoms with Gasteiger partial charge in [-0.25, -0.2) is 0 Å². The third kappa shape index (κ3) is 9.31. The highest BCUT2D eigenvalue weighted by Gasteiger charge is 2.08. The van der Waals surface area contributed by atoms with E-state index in [4.69, 9.17) is 10.8 Å². The van der Waals surface area contributed by atoms with Crippen molar-refractivity contribution in [2.24, 2.45) is 5.73 Å². The Labute approximate surface area is 94.7 Å². The number of carboxylic acid groups (broad SMARTS) is 1. The molecule has 0 amide bonds. The average Bonchev–Trinajstić information content (AvgIpc) is 2.29. The van der Waals surface area contributed by atoms with Crippen molar-refractivity contribution in [1.29, 1.82) is 0 Å². The Kier molecular flexibility index (Phi) is 8.91. The van der Waals surface area contributed by atoms with Gasteiger partial charge in [0.1, 0.15) is 6.04 Å². The van der Waals surface area contributed by atoms with Crippen LogP contribution in [0, 0.1) is 0 Å². The predicted octanol–water partition coefficient (Wildman–Crippen LogP) is 1.84. The minimum absolute atomic E-state index is 0.552. The van der Waals surface area contributed by atoms with Crippen LogP contribution in [0.2, 0.25) is 0 Å². The fourth-order valence-corrected chi connectivity index (χ4v) is 1.24. The van der Waals surface area contributed by atoms with E-state index in [0.29, 0.717) is 6.42 Å². The molecule has 0 heterocycles. The molecule has 3 N–H and O–H groups in total. The molecule has 4 heteroatoms. The van der Waals surface area contributed by atoms with Crippen molar-refractivity contribution in [2.45, 2.75) is 12.5 Å². The molecule has 0 aliphatic carbocycles. The minimum atomic E-state index is -0.913. The molecule has 0 saturated heterocycles. The first-order valence-corrected chi connectivity index (χ1v) is 6.05. The van der Waals surface area contributed by atoms with E-state index in [-0.39, 0.29) is 0 Å². The third-order valence-corrected chi connectivity index (χ3v) is 2.26. The number of aliphatic carboxylic acids is 1. The summed E-state index contributed by atoms with van der Waals surface area (Å²) in [5, 5.41) is 8.27. The van der Waals surface area contributed by atoms with E-state index in [0.717, 1.165) is 5.75 Å². The van der Waals surface area contributed by atoms with Gasteiger partial charge in [-0.05, 0) is 18.4 Å². The van der Waals surface area contributed by atoms with Crippen LogP contribution >= 0.6 is 11.8 Å². The molecule has 0 saturated carbocycles. The second-order valence-electron chi connectivity index (χ2n) is 2.88. The third-order valence-electron chi connectivity index (χ3n) is 1.62. The lowest BCUT2D eigenvalue weighted by Crippen LogP contribution is -2.30. The second kappa shape index (κ2) is 9.55. The lowest BCUT2D eigenvalue weighted by molar-refractivity contribution is -0.138. The average molecular weight is 227 g/mol. The second-order valence-corrected chi connectivity index (χ2v) is 3.87. The molecule has 0 spiro atoms. The van der Waals surface area contributed by atoms with Crippen LogP contribution < -0.4 is 5.73 Å². The van der Waals surface area contributed by atoms with Crippen LogP contribution in [-0.2, 0) is 4.79 Å². The summed E-state index contributed by atoms with van der Waals surface area (Å²) in [4.78, 5) is 10.1. The number of rotatable bonds is 4. The van der Waals surface area contributed by atoms with Gasteiger partial charge in [0.05, 0.1) is 0 Å². The topological polar surface area (TPSA) is 63.3 Å². The maximum Gasteiger partial charge on any atom is 0.320 e. The smallest absolute Gasteiger partial charge is 0.320 e. The summed E-state index contributed by atoms with van der Waals surface area (Å²) >= 11 is 1.60. The van der Waals surface area contributed by atoms with Crippen molar-refractivity contribution in [3.8, 4) is 0 Å². The van der Waals surface area contributed by atoms with E-state index in [1.54, 1.807) is 11.8 Å². The Balaban J connectivity index is 0.000000280. The Morgan fingerprint density at radius 2 is 1.67 bits per heavy atom. The summed E-state index contributed by atoms with van der Waals surface area (Å²) in [5.74, 6) is -0.1000. The first-order chi connectivity index (χ1) is 7.18. The van der Waals surface area contributed by atoms with Gasteiger partial charge < -0.3 is 10.8 Å². The Morgan fingerprint density at radius 3 is 1.93 bits per heavy atom. The van der Waals surface area contributed by atoms with E-state index >= 15 is 0 Å². The van der Waals surface area contributed by atoms with E-state index in [1.165, 1.54) is 0 Å². The summed E-state index contributed by atoms with van der Waals surface area (Å²) in [5.41, 5.74) is 5.19. The molecule has 1 aromatic carbocycles. The summed E-state index contributed by atoms with van der Waals surface area (Å²) in [6.07, 6.45) is 2.48. The van der Waals surface area contributed by atoms with E-state index in [2.05, 4.69) is 0 Å². The number of carboxylic acids is 1. The molecule has 0 radical (unpaired) electrons. The number of hydrogen-bond donors (Lipinski definition) is 2. The zero-order chi connectivity index (χ0) is 11.5. The Hall–Kier alpha value is -1.00. The van der Waals surface area contributed by atoms with Crippen molar-refractivity contribution < 1.29 is 9.90 Å². The lowest BCUT2D eigenvalue weighted by atomic mass is 10.2. The Bertz CT molecular complexity index is 227. The van der Waals surface area contributed by atoms with E-state index in [9.17, 15) is 4.79 Å². The Morgan fingerprint density at radius 1 is 1.27 bits per heavy atom. The molecule has 1 atom stereocenters. The van der Waals surface area contributed by atoms with E-state index < -0.39 is 12.0 Å². The summed E-state index contributed by atoms with van der Waals surface area (Å²) in [6.45, 7) is 0. The van der Waals surface area contributed by atoms with Crippen LogP contribution in [0.3, 0.4) is 0 Å². The van der Waals surface area contributed by atoms with Crippen molar-refractivity contribution >= 4 is 17.7 Å². The van der Waals surface area contributed by atoms with Crippen molar-refractivity contribution in [2.75, 3.05) is 12.0 Å². The number of nitrogens with two attached hydrogens (primary N) is 1. The van der Waals surface area contributed by atoms with Gasteiger partial charge in [-0.3, -0.25) is 4.79 Å². The summed E-state index contributed by atoms with van der Waals surface area (Å²) in [6, 6.07) is 11.3. The van der Waals surface area contributed by atoms with Gasteiger partial charge in [0.2, 0.25) is 0 Å². The molecule has 15 heavy (non-hydrogen) atoms. The van der Waals surface area contributed by atoms with Crippen LogP contribution in [-0.4, -0.2) is 29.1 Å². The maximum atomic E-state index is 10.1. The van der Waals surface area contributed by atoms with E-state index in [1.807, 2.05) is 42.7 Å². The quantitative estimate of drug-likeness (QED) is 0.824. The van der Waals surface area contributed by atoms with Crippen molar-refractivity contribution in [3.05, 3.63) is 36.4 Å². The van der Waals surface area contributed by atoms with Gasteiger partial charge in [-0.15, -0.1) is 0 Å². The summed E-state index contributed by atoms with van der Waals surface area (Å²) < 4.78 is 0. The van der Waals surface area contributed by atoms with Crippen LogP contribution in [0.4, 0.5) is 0 Å². The molecular formula is C11H17NO2S. The van der Waals surface area contributed by atoms with Crippen LogP contribution in [0.25, 0.3) is 0 Å². The zero-order valence-electron chi connectivity index (χ0n) is 8.80. The standard InChI is InChI=1S/C6H6.C5H11NO2S/c1-2-4-6-5-3-1;1-9-3-2-4(6)5(7)8/h1-6H;4H,2-3,6H2,1H3,(H,7,8)/t;4-/m.0/s1. The molecule has 0 bridgehead atoms. The number of thioether (sulfide) groups is 1. The molecule has 0 aromatic heterocycles. The fraction of sp³-hybridized carbons (Fsp3) is 0.364. The normalized spacial score (nSPS) is 11.1. The highest BCUT2D eigenvalue weighted by Crippen LogP contribution is 1.97. The van der Waals surface area contributed by atoms with Crippen LogP contribution in [0.5, 0.6) is 0 Å².